The van der Waals surface area contributed by atoms with Gasteiger partial charge in [-0.3, -0.25) is 4.98 Å². The van der Waals surface area contributed by atoms with Gasteiger partial charge in [-0.15, -0.1) is 0 Å². The summed E-state index contributed by atoms with van der Waals surface area (Å²) in [5, 5.41) is 12.9. The number of rotatable bonds is 4. The van der Waals surface area contributed by atoms with Gasteiger partial charge in [0, 0.05) is 18.6 Å². The minimum atomic E-state index is -0.976. The predicted octanol–water partition coefficient (Wildman–Crippen LogP) is 2.56. The second-order valence-corrected chi connectivity index (χ2v) is 4.68. The fraction of sp³-hybridized carbons (Fsp3) is 0.0625. The van der Waals surface area contributed by atoms with E-state index in [0.717, 1.165) is 12.1 Å². The number of hydrogen-bond acceptors (Lipinski definition) is 3. The molecule has 3 rings (SSSR count). The Bertz CT molecular complexity index is 749. The fourth-order valence-electron chi connectivity index (χ4n) is 2.08. The lowest BCUT2D eigenvalue weighted by atomic mass is 10.1. The first-order valence-corrected chi connectivity index (χ1v) is 6.48. The average molecular weight is 279 g/mol. The van der Waals surface area contributed by atoms with Gasteiger partial charge in [0.1, 0.15) is 0 Å². The molecule has 21 heavy (non-hydrogen) atoms. The van der Waals surface area contributed by atoms with Crippen LogP contribution in [0.25, 0.3) is 5.69 Å². The molecule has 0 aliphatic rings. The van der Waals surface area contributed by atoms with Crippen LogP contribution >= 0.6 is 0 Å². The summed E-state index contributed by atoms with van der Waals surface area (Å²) in [5.41, 5.74) is 3.39. The number of aromatic nitrogens is 3. The van der Waals surface area contributed by atoms with Crippen molar-refractivity contribution < 1.29 is 9.90 Å². The smallest absolute Gasteiger partial charge is 0.338 e. The first kappa shape index (κ1) is 13.1. The molecule has 0 unspecified atom stereocenters. The van der Waals surface area contributed by atoms with Gasteiger partial charge >= 0.3 is 5.97 Å². The van der Waals surface area contributed by atoms with Crippen molar-refractivity contribution in [3.05, 3.63) is 77.9 Å². The maximum absolute atomic E-state index is 10.8. The van der Waals surface area contributed by atoms with Crippen molar-refractivity contribution in [2.75, 3.05) is 0 Å². The Kier molecular flexibility index (Phi) is 3.47. The first-order valence-electron chi connectivity index (χ1n) is 6.48. The monoisotopic (exact) mass is 279 g/mol. The number of pyridine rings is 1. The van der Waals surface area contributed by atoms with Crippen LogP contribution in [-0.4, -0.2) is 25.8 Å². The molecule has 2 aromatic heterocycles. The van der Waals surface area contributed by atoms with E-state index in [1.165, 1.54) is 23.5 Å². The highest BCUT2D eigenvalue weighted by Gasteiger charge is 2.07. The second kappa shape index (κ2) is 5.58. The summed E-state index contributed by atoms with van der Waals surface area (Å²) in [6.07, 6.45) is 7.23. The SMILES string of the molecule is O=C(O)c1cnn(-c2ccc(Cc3ccncc3)cc2)c1. The molecule has 0 amide bonds. The van der Waals surface area contributed by atoms with Crippen molar-refractivity contribution in [2.24, 2.45) is 0 Å². The highest BCUT2D eigenvalue weighted by Crippen LogP contribution is 2.13. The van der Waals surface area contributed by atoms with Gasteiger partial charge in [0.25, 0.3) is 0 Å². The summed E-state index contributed by atoms with van der Waals surface area (Å²) in [6.45, 7) is 0. The number of nitrogens with zero attached hydrogens (tertiary/aromatic N) is 3. The highest BCUT2D eigenvalue weighted by atomic mass is 16.4. The van der Waals surface area contributed by atoms with Crippen molar-refractivity contribution >= 4 is 5.97 Å². The molecule has 104 valence electrons. The Morgan fingerprint density at radius 3 is 2.33 bits per heavy atom. The van der Waals surface area contributed by atoms with Crippen LogP contribution in [0.3, 0.4) is 0 Å². The third-order valence-corrected chi connectivity index (χ3v) is 3.19. The van der Waals surface area contributed by atoms with E-state index in [1.54, 1.807) is 17.1 Å². The molecule has 2 heterocycles. The van der Waals surface area contributed by atoms with E-state index >= 15 is 0 Å². The van der Waals surface area contributed by atoms with Gasteiger partial charge < -0.3 is 5.11 Å². The molecule has 0 fully saturated rings. The number of hydrogen-bond donors (Lipinski definition) is 1. The molecule has 0 aliphatic carbocycles. The lowest BCUT2D eigenvalue weighted by Gasteiger charge is -2.04. The maximum atomic E-state index is 10.8. The second-order valence-electron chi connectivity index (χ2n) is 4.68. The molecule has 3 aromatic rings. The van der Waals surface area contributed by atoms with E-state index in [4.69, 9.17) is 5.11 Å². The van der Waals surface area contributed by atoms with Crippen molar-refractivity contribution in [1.29, 1.82) is 0 Å². The van der Waals surface area contributed by atoms with Crippen molar-refractivity contribution in [1.82, 2.24) is 14.8 Å². The van der Waals surface area contributed by atoms with Crippen LogP contribution in [0.4, 0.5) is 0 Å². The summed E-state index contributed by atoms with van der Waals surface area (Å²) < 4.78 is 1.56. The lowest BCUT2D eigenvalue weighted by Crippen LogP contribution is -1.96. The zero-order valence-corrected chi connectivity index (χ0v) is 11.2. The minimum absolute atomic E-state index is 0.177. The number of aromatic carboxylic acids is 1. The summed E-state index contributed by atoms with van der Waals surface area (Å²) in [5.74, 6) is -0.976. The topological polar surface area (TPSA) is 68.0 Å². The normalized spacial score (nSPS) is 10.5. The zero-order valence-electron chi connectivity index (χ0n) is 11.2. The van der Waals surface area contributed by atoms with E-state index in [1.807, 2.05) is 36.4 Å². The molecule has 1 aromatic carbocycles. The van der Waals surface area contributed by atoms with E-state index in [0.29, 0.717) is 0 Å². The molecule has 5 heteroatoms. The van der Waals surface area contributed by atoms with Gasteiger partial charge in [0.2, 0.25) is 0 Å². The number of carboxylic acids is 1. The molecule has 0 atom stereocenters. The molecule has 0 saturated carbocycles. The van der Waals surface area contributed by atoms with E-state index < -0.39 is 5.97 Å². The Morgan fingerprint density at radius 1 is 1.05 bits per heavy atom. The summed E-state index contributed by atoms with van der Waals surface area (Å²) in [7, 11) is 0. The van der Waals surface area contributed by atoms with Crippen LogP contribution in [0.5, 0.6) is 0 Å². The maximum Gasteiger partial charge on any atom is 0.338 e. The van der Waals surface area contributed by atoms with E-state index in [-0.39, 0.29) is 5.56 Å². The van der Waals surface area contributed by atoms with Crippen LogP contribution in [-0.2, 0) is 6.42 Å². The van der Waals surface area contributed by atoms with Gasteiger partial charge in [-0.2, -0.15) is 5.10 Å². The number of carboxylic acid groups (broad SMARTS) is 1. The Labute approximate surface area is 121 Å². The third kappa shape index (κ3) is 2.97. The van der Waals surface area contributed by atoms with Crippen molar-refractivity contribution in [3.8, 4) is 5.69 Å². The number of carbonyl (C=O) groups is 1. The van der Waals surface area contributed by atoms with Crippen molar-refractivity contribution in [3.63, 3.8) is 0 Å². The van der Waals surface area contributed by atoms with Crippen LogP contribution in [0.2, 0.25) is 0 Å². The molecule has 1 N–H and O–H groups in total. The molecule has 0 bridgehead atoms. The Balaban J connectivity index is 1.78. The van der Waals surface area contributed by atoms with Gasteiger partial charge in [-0.1, -0.05) is 12.1 Å². The quantitative estimate of drug-likeness (QED) is 0.797. The largest absolute Gasteiger partial charge is 0.478 e. The minimum Gasteiger partial charge on any atom is -0.478 e. The predicted molar refractivity (Wildman–Crippen MR) is 77.6 cm³/mol. The Morgan fingerprint density at radius 2 is 1.71 bits per heavy atom. The highest BCUT2D eigenvalue weighted by molar-refractivity contribution is 5.86. The van der Waals surface area contributed by atoms with E-state index in [2.05, 4.69) is 10.1 Å². The van der Waals surface area contributed by atoms with Crippen LogP contribution in [0, 0.1) is 0 Å². The Hall–Kier alpha value is -2.95. The molecule has 0 aliphatic heterocycles. The van der Waals surface area contributed by atoms with E-state index in [9.17, 15) is 4.79 Å². The summed E-state index contributed by atoms with van der Waals surface area (Å²) >= 11 is 0. The van der Waals surface area contributed by atoms with Crippen LogP contribution in [0.1, 0.15) is 21.5 Å². The van der Waals surface area contributed by atoms with Crippen LogP contribution in [0.15, 0.2) is 61.2 Å². The molecular formula is C16H13N3O2. The van der Waals surface area contributed by atoms with Gasteiger partial charge in [-0.05, 0) is 41.8 Å². The van der Waals surface area contributed by atoms with Crippen LogP contribution < -0.4 is 0 Å². The molecule has 5 nitrogen and oxygen atoms in total. The van der Waals surface area contributed by atoms with Crippen molar-refractivity contribution in [2.45, 2.75) is 6.42 Å². The lowest BCUT2D eigenvalue weighted by molar-refractivity contribution is 0.0697. The molecular weight excluding hydrogens is 266 g/mol. The summed E-state index contributed by atoms with van der Waals surface area (Å²) in [6, 6.07) is 11.8. The zero-order chi connectivity index (χ0) is 14.7. The molecule has 0 spiro atoms. The average Bonchev–Trinajstić information content (AvgIpc) is 2.99. The van der Waals surface area contributed by atoms with Gasteiger partial charge in [-0.25, -0.2) is 9.48 Å². The third-order valence-electron chi connectivity index (χ3n) is 3.19. The first-order chi connectivity index (χ1) is 10.2. The molecule has 0 saturated heterocycles. The number of benzene rings is 1. The molecule has 0 radical (unpaired) electrons. The standard InChI is InChI=1S/C16H13N3O2/c20-16(21)14-10-18-19(11-14)15-3-1-12(2-4-15)9-13-5-7-17-8-6-13/h1-8,10-11H,9H2,(H,20,21). The fourth-order valence-corrected chi connectivity index (χ4v) is 2.08. The summed E-state index contributed by atoms with van der Waals surface area (Å²) in [4.78, 5) is 14.8. The van der Waals surface area contributed by atoms with Gasteiger partial charge in [0.05, 0.1) is 17.4 Å². The van der Waals surface area contributed by atoms with Gasteiger partial charge in [0.15, 0.2) is 0 Å².